The van der Waals surface area contributed by atoms with Gasteiger partial charge in [-0.2, -0.15) is 5.10 Å². The first-order chi connectivity index (χ1) is 15.1. The number of nitrogens with zero attached hydrogens (tertiary/aromatic N) is 4. The molecule has 4 aromatic heterocycles. The van der Waals surface area contributed by atoms with Gasteiger partial charge in [0, 0.05) is 29.8 Å². The molecule has 8 heteroatoms. The van der Waals surface area contributed by atoms with Crippen molar-refractivity contribution in [1.29, 1.82) is 0 Å². The summed E-state index contributed by atoms with van der Waals surface area (Å²) >= 11 is 0. The smallest absolute Gasteiger partial charge is 0.224 e. The molecule has 154 valence electrons. The van der Waals surface area contributed by atoms with E-state index >= 15 is 0 Å². The van der Waals surface area contributed by atoms with Crippen LogP contribution in [0.4, 0.5) is 5.69 Å². The molecule has 5 aromatic rings. The lowest BCUT2D eigenvalue weighted by atomic mass is 10.0. The SMILES string of the molecule is CC(C)CC(=O)Nc1cncc(-c2ccc3[nH]nc(-c4nc5ccncc5[nH]4)c3c2)c1. The maximum Gasteiger partial charge on any atom is 0.224 e. The van der Waals surface area contributed by atoms with Crippen LogP contribution in [0.2, 0.25) is 0 Å². The molecule has 0 saturated carbocycles. The molecule has 0 aliphatic carbocycles. The van der Waals surface area contributed by atoms with Gasteiger partial charge < -0.3 is 10.3 Å². The van der Waals surface area contributed by atoms with Crippen molar-refractivity contribution < 1.29 is 4.79 Å². The van der Waals surface area contributed by atoms with Crippen molar-refractivity contribution in [2.45, 2.75) is 20.3 Å². The zero-order chi connectivity index (χ0) is 21.4. The van der Waals surface area contributed by atoms with Crippen LogP contribution in [0.1, 0.15) is 20.3 Å². The number of rotatable bonds is 5. The minimum Gasteiger partial charge on any atom is -0.335 e. The van der Waals surface area contributed by atoms with Gasteiger partial charge in [-0.05, 0) is 35.7 Å². The van der Waals surface area contributed by atoms with Gasteiger partial charge in [0.25, 0.3) is 0 Å². The second kappa shape index (κ2) is 7.64. The van der Waals surface area contributed by atoms with E-state index in [9.17, 15) is 4.79 Å². The van der Waals surface area contributed by atoms with Crippen LogP contribution in [0.25, 0.3) is 44.6 Å². The van der Waals surface area contributed by atoms with E-state index in [1.54, 1.807) is 24.8 Å². The molecule has 3 N–H and O–H groups in total. The highest BCUT2D eigenvalue weighted by molar-refractivity contribution is 5.96. The Hall–Kier alpha value is -4.07. The topological polar surface area (TPSA) is 112 Å². The lowest BCUT2D eigenvalue weighted by molar-refractivity contribution is -0.116. The molecule has 0 bridgehead atoms. The highest BCUT2D eigenvalue weighted by Gasteiger charge is 2.14. The molecule has 4 heterocycles. The Morgan fingerprint density at radius 3 is 2.77 bits per heavy atom. The Kier molecular flexibility index (Phi) is 4.66. The average Bonchev–Trinajstić information content (AvgIpc) is 3.36. The van der Waals surface area contributed by atoms with Gasteiger partial charge in [-0.1, -0.05) is 19.9 Å². The highest BCUT2D eigenvalue weighted by Crippen LogP contribution is 2.30. The summed E-state index contributed by atoms with van der Waals surface area (Å²) in [5.74, 6) is 0.965. The first-order valence-corrected chi connectivity index (χ1v) is 10.1. The number of amides is 1. The quantitative estimate of drug-likeness (QED) is 0.393. The molecule has 0 spiro atoms. The standard InChI is InChI=1S/C23H21N7O/c1-13(2)7-21(31)26-16-8-15(10-25-11-16)14-3-4-18-17(9-14)22(30-29-18)23-27-19-5-6-24-12-20(19)28-23/h3-6,8-13H,7H2,1-2H3,(H,26,31)(H,27,28)(H,29,30). The van der Waals surface area contributed by atoms with Crippen LogP contribution in [0.5, 0.6) is 0 Å². The number of imidazole rings is 1. The minimum atomic E-state index is -0.0131. The lowest BCUT2D eigenvalue weighted by Gasteiger charge is -2.09. The molecule has 0 radical (unpaired) electrons. The second-order valence-electron chi connectivity index (χ2n) is 7.92. The first-order valence-electron chi connectivity index (χ1n) is 10.1. The second-order valence-corrected chi connectivity index (χ2v) is 7.92. The fraction of sp³-hybridized carbons (Fsp3) is 0.174. The van der Waals surface area contributed by atoms with E-state index in [0.29, 0.717) is 23.9 Å². The molecule has 1 amide bonds. The summed E-state index contributed by atoms with van der Waals surface area (Å²) in [7, 11) is 0. The van der Waals surface area contributed by atoms with E-state index in [1.165, 1.54) is 0 Å². The number of nitrogens with one attached hydrogen (secondary N) is 3. The number of hydrogen-bond acceptors (Lipinski definition) is 5. The van der Waals surface area contributed by atoms with Gasteiger partial charge in [-0.25, -0.2) is 4.98 Å². The Labute approximate surface area is 178 Å². The van der Waals surface area contributed by atoms with E-state index in [-0.39, 0.29) is 5.91 Å². The summed E-state index contributed by atoms with van der Waals surface area (Å²) in [6.07, 6.45) is 7.38. The fourth-order valence-electron chi connectivity index (χ4n) is 3.59. The molecule has 5 rings (SSSR count). The van der Waals surface area contributed by atoms with Gasteiger partial charge in [0.05, 0.1) is 34.6 Å². The van der Waals surface area contributed by atoms with E-state index < -0.39 is 0 Å². The van der Waals surface area contributed by atoms with Crippen LogP contribution in [-0.2, 0) is 4.79 Å². The van der Waals surface area contributed by atoms with Gasteiger partial charge in [-0.15, -0.1) is 0 Å². The van der Waals surface area contributed by atoms with Gasteiger partial charge in [0.2, 0.25) is 5.91 Å². The van der Waals surface area contributed by atoms with Crippen molar-refractivity contribution in [3.63, 3.8) is 0 Å². The van der Waals surface area contributed by atoms with E-state index in [2.05, 4.69) is 41.5 Å². The summed E-state index contributed by atoms with van der Waals surface area (Å²) in [6, 6.07) is 9.83. The molecule has 0 atom stereocenters. The molecule has 8 nitrogen and oxygen atoms in total. The van der Waals surface area contributed by atoms with Crippen molar-refractivity contribution in [2.24, 2.45) is 5.92 Å². The van der Waals surface area contributed by atoms with E-state index in [1.807, 2.05) is 38.1 Å². The third kappa shape index (κ3) is 3.75. The van der Waals surface area contributed by atoms with Crippen molar-refractivity contribution in [3.8, 4) is 22.6 Å². The van der Waals surface area contributed by atoms with Gasteiger partial charge in [0.1, 0.15) is 5.69 Å². The average molecular weight is 411 g/mol. The Morgan fingerprint density at radius 2 is 1.94 bits per heavy atom. The fourth-order valence-corrected chi connectivity index (χ4v) is 3.59. The zero-order valence-corrected chi connectivity index (χ0v) is 17.2. The van der Waals surface area contributed by atoms with Gasteiger partial charge in [-0.3, -0.25) is 19.9 Å². The number of fused-ring (bicyclic) bond motifs is 2. The predicted octanol–water partition coefficient (Wildman–Crippen LogP) is 4.55. The Morgan fingerprint density at radius 1 is 1.03 bits per heavy atom. The zero-order valence-electron chi connectivity index (χ0n) is 17.2. The first kappa shape index (κ1) is 18.9. The molecular formula is C23H21N7O. The van der Waals surface area contributed by atoms with Gasteiger partial charge in [0.15, 0.2) is 5.82 Å². The molecule has 1 aromatic carbocycles. The van der Waals surface area contributed by atoms with Crippen molar-refractivity contribution in [3.05, 3.63) is 55.1 Å². The number of H-pyrrole nitrogens is 2. The number of benzene rings is 1. The number of carbonyl (C=O) groups excluding carboxylic acids is 1. The maximum atomic E-state index is 12.1. The Bertz CT molecular complexity index is 1370. The number of anilines is 1. The summed E-state index contributed by atoms with van der Waals surface area (Å²) in [5.41, 5.74) is 5.91. The summed E-state index contributed by atoms with van der Waals surface area (Å²) < 4.78 is 0. The van der Waals surface area contributed by atoms with Crippen molar-refractivity contribution in [1.82, 2.24) is 30.1 Å². The summed E-state index contributed by atoms with van der Waals surface area (Å²) in [6.45, 7) is 4.04. The number of aromatic amines is 2. The molecule has 0 unspecified atom stereocenters. The predicted molar refractivity (Wildman–Crippen MR) is 120 cm³/mol. The maximum absolute atomic E-state index is 12.1. The van der Waals surface area contributed by atoms with Gasteiger partial charge >= 0.3 is 0 Å². The number of carbonyl (C=O) groups is 1. The monoisotopic (exact) mass is 411 g/mol. The summed E-state index contributed by atoms with van der Waals surface area (Å²) in [4.78, 5) is 28.5. The van der Waals surface area contributed by atoms with Crippen molar-refractivity contribution >= 4 is 33.5 Å². The van der Waals surface area contributed by atoms with E-state index in [4.69, 9.17) is 0 Å². The number of pyridine rings is 2. The van der Waals surface area contributed by atoms with Crippen LogP contribution in [0.3, 0.4) is 0 Å². The minimum absolute atomic E-state index is 0.0131. The highest BCUT2D eigenvalue weighted by atomic mass is 16.1. The van der Waals surface area contributed by atoms with Crippen LogP contribution < -0.4 is 5.32 Å². The Balaban J connectivity index is 1.51. The third-order valence-electron chi connectivity index (χ3n) is 5.02. The van der Waals surface area contributed by atoms with E-state index in [0.717, 1.165) is 38.8 Å². The van der Waals surface area contributed by atoms with Crippen LogP contribution in [0.15, 0.2) is 55.1 Å². The largest absolute Gasteiger partial charge is 0.335 e. The molecule has 0 aliphatic rings. The third-order valence-corrected chi connectivity index (χ3v) is 5.02. The molecule has 31 heavy (non-hydrogen) atoms. The van der Waals surface area contributed by atoms with Crippen molar-refractivity contribution in [2.75, 3.05) is 5.32 Å². The number of hydrogen-bond donors (Lipinski definition) is 3. The summed E-state index contributed by atoms with van der Waals surface area (Å²) in [5, 5.41) is 11.4. The van der Waals surface area contributed by atoms with Crippen LogP contribution >= 0.6 is 0 Å². The van der Waals surface area contributed by atoms with Crippen LogP contribution in [0, 0.1) is 5.92 Å². The lowest BCUT2D eigenvalue weighted by Crippen LogP contribution is -2.13. The molecule has 0 aliphatic heterocycles. The number of aromatic nitrogens is 6. The normalized spacial score (nSPS) is 11.5. The molecular weight excluding hydrogens is 390 g/mol. The molecule has 0 fully saturated rings. The molecule has 0 saturated heterocycles. The van der Waals surface area contributed by atoms with Crippen LogP contribution in [-0.4, -0.2) is 36.0 Å².